The minimum Gasteiger partial charge on any atom is -0.504 e. The maximum atomic E-state index is 13.2. The minimum atomic E-state index is -1.91. The van der Waals surface area contributed by atoms with Gasteiger partial charge < -0.3 is 94.4 Å². The SMILES string of the molecule is C[C@@H]1O[C@@H](O[C@H]2[C@H](OCCc3ccc(O)c(O)c3)O[C@H](CO[C@@H]3O[C@H](CO)[C@@H](O)[C@H](O)[C@H]3O)[C@@H](OC(=O)/C=C/c3ccc(O)c(O)c3)[C@@H]2O)[C@H](O)[C@H](O)[C@H]1O. The molecule has 3 aliphatic heterocycles. The first-order valence-electron chi connectivity index (χ1n) is 17.2. The fraction of sp³-hybridized carbons (Fsp3) is 0.571. The lowest BCUT2D eigenvalue weighted by Gasteiger charge is -2.47. The molecule has 55 heavy (non-hydrogen) atoms. The van der Waals surface area contributed by atoms with Gasteiger partial charge in [-0.3, -0.25) is 0 Å². The number of phenols is 4. The Bertz CT molecular complexity index is 1610. The Kier molecular flexibility index (Phi) is 14.3. The fourth-order valence-corrected chi connectivity index (χ4v) is 6.13. The zero-order valence-electron chi connectivity index (χ0n) is 29.2. The molecule has 20 nitrogen and oxygen atoms in total. The Balaban J connectivity index is 1.41. The van der Waals surface area contributed by atoms with E-state index in [1.165, 1.54) is 43.3 Å². The fourth-order valence-electron chi connectivity index (χ4n) is 6.13. The number of phenolic OH excluding ortho intramolecular Hbond substituents is 4. The molecule has 2 aromatic rings. The van der Waals surface area contributed by atoms with Crippen LogP contribution in [0.2, 0.25) is 0 Å². The molecule has 0 spiro atoms. The predicted octanol–water partition coefficient (Wildman–Crippen LogP) is -3.19. The highest BCUT2D eigenvalue weighted by atomic mass is 16.8. The lowest BCUT2D eigenvalue weighted by molar-refractivity contribution is -0.370. The zero-order valence-corrected chi connectivity index (χ0v) is 29.2. The summed E-state index contributed by atoms with van der Waals surface area (Å²) in [4.78, 5) is 13.2. The second kappa shape index (κ2) is 18.5. The molecule has 0 saturated carbocycles. The largest absolute Gasteiger partial charge is 0.504 e. The van der Waals surface area contributed by atoms with Gasteiger partial charge in [0.1, 0.15) is 61.0 Å². The van der Waals surface area contributed by atoms with E-state index in [1.54, 1.807) is 0 Å². The van der Waals surface area contributed by atoms with Gasteiger partial charge in [-0.05, 0) is 54.8 Å². The second-order valence-electron chi connectivity index (χ2n) is 13.3. The average Bonchev–Trinajstić information content (AvgIpc) is 3.16. The molecule has 0 radical (unpaired) electrons. The number of carbonyl (C=O) groups is 1. The van der Waals surface area contributed by atoms with Gasteiger partial charge in [-0.2, -0.15) is 0 Å². The molecule has 12 N–H and O–H groups in total. The van der Waals surface area contributed by atoms with Crippen LogP contribution < -0.4 is 0 Å². The van der Waals surface area contributed by atoms with Crippen LogP contribution in [0.3, 0.4) is 0 Å². The highest BCUT2D eigenvalue weighted by Gasteiger charge is 2.53. The quantitative estimate of drug-likeness (QED) is 0.0541. The van der Waals surface area contributed by atoms with E-state index in [9.17, 15) is 66.1 Å². The molecule has 0 unspecified atom stereocenters. The van der Waals surface area contributed by atoms with E-state index in [-0.39, 0.29) is 24.3 Å². The number of rotatable bonds is 13. The lowest BCUT2D eigenvalue weighted by atomic mass is 9.97. The summed E-state index contributed by atoms with van der Waals surface area (Å²) in [6.45, 7) is -0.236. The van der Waals surface area contributed by atoms with Crippen molar-refractivity contribution >= 4 is 12.0 Å². The topological polar surface area (TPSA) is 324 Å². The first-order chi connectivity index (χ1) is 26.1. The van der Waals surface area contributed by atoms with Crippen LogP contribution >= 0.6 is 0 Å². The van der Waals surface area contributed by atoms with Crippen molar-refractivity contribution in [2.24, 2.45) is 0 Å². The van der Waals surface area contributed by atoms with E-state index in [2.05, 4.69) is 0 Å². The molecule has 5 rings (SSSR count). The van der Waals surface area contributed by atoms with Gasteiger partial charge in [-0.15, -0.1) is 0 Å². The van der Waals surface area contributed by atoms with Crippen LogP contribution in [0.1, 0.15) is 18.1 Å². The van der Waals surface area contributed by atoms with Crippen LogP contribution in [0.5, 0.6) is 23.0 Å². The molecule has 0 aliphatic carbocycles. The van der Waals surface area contributed by atoms with Crippen molar-refractivity contribution in [1.82, 2.24) is 0 Å². The lowest BCUT2D eigenvalue weighted by Crippen LogP contribution is -2.65. The molecule has 2 aromatic carbocycles. The van der Waals surface area contributed by atoms with E-state index in [0.29, 0.717) is 5.56 Å². The molecular formula is C35H46O20. The molecule has 306 valence electrons. The number of esters is 1. The van der Waals surface area contributed by atoms with E-state index < -0.39 is 129 Å². The smallest absolute Gasteiger partial charge is 0.331 e. The maximum Gasteiger partial charge on any atom is 0.331 e. The van der Waals surface area contributed by atoms with Gasteiger partial charge in [0.2, 0.25) is 0 Å². The third-order valence-electron chi connectivity index (χ3n) is 9.37. The summed E-state index contributed by atoms with van der Waals surface area (Å²) in [7, 11) is 0. The van der Waals surface area contributed by atoms with Crippen LogP contribution in [-0.4, -0.2) is 179 Å². The van der Waals surface area contributed by atoms with Crippen LogP contribution in [0.15, 0.2) is 42.5 Å². The normalized spacial score (nSPS) is 36.9. The molecule has 3 fully saturated rings. The van der Waals surface area contributed by atoms with Gasteiger partial charge in [-0.1, -0.05) is 12.1 Å². The third kappa shape index (κ3) is 10.0. The van der Waals surface area contributed by atoms with Crippen molar-refractivity contribution in [2.75, 3.05) is 19.8 Å². The number of aliphatic hydroxyl groups excluding tert-OH is 8. The molecule has 0 aromatic heterocycles. The van der Waals surface area contributed by atoms with Crippen molar-refractivity contribution in [3.63, 3.8) is 0 Å². The van der Waals surface area contributed by atoms with Crippen molar-refractivity contribution in [3.05, 3.63) is 53.6 Å². The summed E-state index contributed by atoms with van der Waals surface area (Å²) < 4.78 is 40.2. The summed E-state index contributed by atoms with van der Waals surface area (Å²) in [5.41, 5.74) is 0.772. The van der Waals surface area contributed by atoms with E-state index in [4.69, 9.17) is 33.2 Å². The number of ether oxygens (including phenoxy) is 7. The first-order valence-corrected chi connectivity index (χ1v) is 17.2. The second-order valence-corrected chi connectivity index (χ2v) is 13.3. The number of aromatic hydroxyl groups is 4. The van der Waals surface area contributed by atoms with Gasteiger partial charge in [0.25, 0.3) is 0 Å². The Morgan fingerprint density at radius 3 is 1.98 bits per heavy atom. The van der Waals surface area contributed by atoms with Gasteiger partial charge in [0.05, 0.1) is 25.9 Å². The van der Waals surface area contributed by atoms with Crippen molar-refractivity contribution < 1.29 is 99.2 Å². The first kappa shape index (κ1) is 42.4. The number of hydrogen-bond acceptors (Lipinski definition) is 20. The Labute approximate surface area is 313 Å². The van der Waals surface area contributed by atoms with Crippen molar-refractivity contribution in [3.8, 4) is 23.0 Å². The van der Waals surface area contributed by atoms with E-state index in [1.807, 2.05) is 0 Å². The number of aliphatic hydroxyl groups is 8. The molecule has 20 heteroatoms. The van der Waals surface area contributed by atoms with E-state index >= 15 is 0 Å². The molecule has 15 atom stereocenters. The molecule has 3 heterocycles. The summed E-state index contributed by atoms with van der Waals surface area (Å²) in [6.07, 6.45) is -22.4. The number of carbonyl (C=O) groups excluding carboxylic acids is 1. The Hall–Kier alpha value is -3.71. The monoisotopic (exact) mass is 786 g/mol. The van der Waals surface area contributed by atoms with Gasteiger partial charge in [0.15, 0.2) is 48.0 Å². The highest BCUT2D eigenvalue weighted by molar-refractivity contribution is 5.87. The van der Waals surface area contributed by atoms with E-state index in [0.717, 1.165) is 12.1 Å². The molecule has 0 amide bonds. The summed E-state index contributed by atoms with van der Waals surface area (Å²) in [6, 6.07) is 7.75. The highest BCUT2D eigenvalue weighted by Crippen LogP contribution is 2.33. The zero-order chi connectivity index (χ0) is 40.1. The van der Waals surface area contributed by atoms with Crippen LogP contribution in [-0.2, 0) is 44.4 Å². The average molecular weight is 787 g/mol. The van der Waals surface area contributed by atoms with Gasteiger partial charge in [-0.25, -0.2) is 4.79 Å². The van der Waals surface area contributed by atoms with Crippen molar-refractivity contribution in [2.45, 2.75) is 105 Å². The molecular weight excluding hydrogens is 740 g/mol. The Morgan fingerprint density at radius 1 is 0.673 bits per heavy atom. The maximum absolute atomic E-state index is 13.2. The summed E-state index contributed by atoms with van der Waals surface area (Å²) >= 11 is 0. The molecule has 3 saturated heterocycles. The van der Waals surface area contributed by atoms with Crippen molar-refractivity contribution in [1.29, 1.82) is 0 Å². The minimum absolute atomic E-state index is 0.100. The van der Waals surface area contributed by atoms with Gasteiger partial charge >= 0.3 is 5.97 Å². The molecule has 0 bridgehead atoms. The standard InChI is InChI=1S/C35H46O20/c1-14-24(42)26(44)29(47)34(51-14)55-32-30(48)31(54-23(41)7-4-15-2-5-17(37)19(39)10-15)22(13-50-33-28(46)27(45)25(43)21(12-36)52-33)53-35(32)49-9-8-16-3-6-18(38)20(40)11-16/h2-7,10-11,14,21-22,24-40,42-48H,8-9,12-13H2,1H3/b7-4+/t14-,21+,22+,24-,25+,26+,27-,28+,29+,30-,31+,32+,33+,34-,35+/m0/s1. The van der Waals surface area contributed by atoms with Gasteiger partial charge in [0, 0.05) is 6.08 Å². The number of benzene rings is 2. The van der Waals surface area contributed by atoms with Crippen LogP contribution in [0.4, 0.5) is 0 Å². The number of hydrogen-bond donors (Lipinski definition) is 12. The summed E-state index contributed by atoms with van der Waals surface area (Å²) in [5, 5.41) is 123. The molecule has 3 aliphatic rings. The van der Waals surface area contributed by atoms with Crippen LogP contribution in [0, 0.1) is 0 Å². The predicted molar refractivity (Wildman–Crippen MR) is 180 cm³/mol. The third-order valence-corrected chi connectivity index (χ3v) is 9.37. The Morgan fingerprint density at radius 2 is 1.31 bits per heavy atom. The van der Waals surface area contributed by atoms with Crippen LogP contribution in [0.25, 0.3) is 6.08 Å². The summed E-state index contributed by atoms with van der Waals surface area (Å²) in [5.74, 6) is -2.71.